The molecule has 5 heteroatoms. The van der Waals surface area contributed by atoms with Gasteiger partial charge in [-0.25, -0.2) is 5.01 Å². The highest BCUT2D eigenvalue weighted by Crippen LogP contribution is 2.06. The summed E-state index contributed by atoms with van der Waals surface area (Å²) in [7, 11) is 2.09. The van der Waals surface area contributed by atoms with Crippen molar-refractivity contribution in [2.75, 3.05) is 39.0 Å². The average molecular weight is 248 g/mol. The third-order valence-electron chi connectivity index (χ3n) is 3.13. The summed E-state index contributed by atoms with van der Waals surface area (Å²) in [6.45, 7) is 3.73. The molecule has 1 aliphatic heterocycles. The summed E-state index contributed by atoms with van der Waals surface area (Å²) in [5, 5.41) is 1.99. The summed E-state index contributed by atoms with van der Waals surface area (Å²) in [6.07, 6.45) is 0.395. The van der Waals surface area contributed by atoms with Crippen molar-refractivity contribution in [1.82, 2.24) is 15.3 Å². The van der Waals surface area contributed by atoms with Crippen LogP contribution in [-0.2, 0) is 11.2 Å². The van der Waals surface area contributed by atoms with Crippen molar-refractivity contribution in [2.45, 2.75) is 6.42 Å². The molecule has 98 valence electrons. The smallest absolute Gasteiger partial charge is 0.238 e. The van der Waals surface area contributed by atoms with E-state index >= 15 is 0 Å². The average Bonchev–Trinajstić information content (AvgIpc) is 2.35. The number of amides is 1. The van der Waals surface area contributed by atoms with Crippen LogP contribution in [0.2, 0.25) is 0 Å². The van der Waals surface area contributed by atoms with Crippen LogP contribution in [0.5, 0.6) is 0 Å². The maximum atomic E-state index is 11.8. The lowest BCUT2D eigenvalue weighted by Crippen LogP contribution is -2.52. The zero-order chi connectivity index (χ0) is 13.0. The number of piperazine rings is 1. The lowest BCUT2D eigenvalue weighted by molar-refractivity contribution is -0.126. The Hall–Kier alpha value is -1.59. The fourth-order valence-electron chi connectivity index (χ4n) is 1.96. The minimum Gasteiger partial charge on any atom is -0.399 e. The number of hydrogen-bond donors (Lipinski definition) is 2. The first-order chi connectivity index (χ1) is 8.63. The Morgan fingerprint density at radius 3 is 2.44 bits per heavy atom. The Bertz CT molecular complexity index is 396. The van der Waals surface area contributed by atoms with Gasteiger partial charge in [0.05, 0.1) is 6.42 Å². The first-order valence-corrected chi connectivity index (χ1v) is 6.21. The van der Waals surface area contributed by atoms with E-state index in [1.807, 2.05) is 29.3 Å². The van der Waals surface area contributed by atoms with Crippen LogP contribution in [0.4, 0.5) is 5.69 Å². The van der Waals surface area contributed by atoms with Crippen LogP contribution in [-0.4, -0.2) is 49.0 Å². The van der Waals surface area contributed by atoms with Gasteiger partial charge in [0.25, 0.3) is 0 Å². The summed E-state index contributed by atoms with van der Waals surface area (Å²) in [5.41, 5.74) is 10.2. The van der Waals surface area contributed by atoms with Gasteiger partial charge in [-0.05, 0) is 24.7 Å². The van der Waals surface area contributed by atoms with Crippen molar-refractivity contribution in [3.8, 4) is 0 Å². The van der Waals surface area contributed by atoms with E-state index < -0.39 is 0 Å². The Balaban J connectivity index is 1.80. The number of hydrogen-bond acceptors (Lipinski definition) is 4. The highest BCUT2D eigenvalue weighted by atomic mass is 16.2. The predicted molar refractivity (Wildman–Crippen MR) is 71.8 cm³/mol. The number of carbonyl (C=O) groups is 1. The van der Waals surface area contributed by atoms with E-state index in [0.717, 1.165) is 37.4 Å². The zero-order valence-corrected chi connectivity index (χ0v) is 10.7. The number of nitrogens with one attached hydrogen (secondary N) is 1. The van der Waals surface area contributed by atoms with Crippen LogP contribution in [0.15, 0.2) is 24.3 Å². The maximum absolute atomic E-state index is 11.8. The molecule has 5 nitrogen and oxygen atoms in total. The summed E-state index contributed by atoms with van der Waals surface area (Å²) in [4.78, 5) is 14.1. The van der Waals surface area contributed by atoms with Gasteiger partial charge < -0.3 is 10.6 Å². The molecule has 2 rings (SSSR count). The normalized spacial score (nSPS) is 17.6. The predicted octanol–water partition coefficient (Wildman–Crippen LogP) is 0.0899. The van der Waals surface area contributed by atoms with E-state index in [9.17, 15) is 4.79 Å². The molecule has 1 aromatic rings. The minimum atomic E-state index is 0.0318. The van der Waals surface area contributed by atoms with Crippen LogP contribution >= 0.6 is 0 Å². The van der Waals surface area contributed by atoms with E-state index in [4.69, 9.17) is 5.73 Å². The molecule has 0 atom stereocenters. The molecule has 0 unspecified atom stereocenters. The fourth-order valence-corrected chi connectivity index (χ4v) is 1.96. The van der Waals surface area contributed by atoms with Gasteiger partial charge in [0.15, 0.2) is 0 Å². The van der Waals surface area contributed by atoms with Crippen LogP contribution in [0.25, 0.3) is 0 Å². The first kappa shape index (κ1) is 12.9. The SMILES string of the molecule is CN1CCN(NC(=O)Cc2ccc(N)cc2)CC1. The molecule has 0 spiro atoms. The first-order valence-electron chi connectivity index (χ1n) is 6.21. The Labute approximate surface area is 108 Å². The van der Waals surface area contributed by atoms with Crippen molar-refractivity contribution < 1.29 is 4.79 Å². The summed E-state index contributed by atoms with van der Waals surface area (Å²) >= 11 is 0. The molecule has 1 amide bonds. The van der Waals surface area contributed by atoms with Crippen molar-refractivity contribution in [2.24, 2.45) is 0 Å². The lowest BCUT2D eigenvalue weighted by Gasteiger charge is -2.32. The Morgan fingerprint density at radius 2 is 1.83 bits per heavy atom. The van der Waals surface area contributed by atoms with Gasteiger partial charge in [-0.2, -0.15) is 0 Å². The molecular weight excluding hydrogens is 228 g/mol. The highest BCUT2D eigenvalue weighted by molar-refractivity contribution is 5.78. The van der Waals surface area contributed by atoms with Gasteiger partial charge in [0.2, 0.25) is 5.91 Å². The molecular formula is C13H20N4O. The molecule has 1 saturated heterocycles. The third-order valence-corrected chi connectivity index (χ3v) is 3.13. The number of anilines is 1. The number of carbonyl (C=O) groups excluding carboxylic acids is 1. The number of nitrogens with zero attached hydrogens (tertiary/aromatic N) is 2. The van der Waals surface area contributed by atoms with Gasteiger partial charge in [-0.3, -0.25) is 10.2 Å². The van der Waals surface area contributed by atoms with Crippen molar-refractivity contribution >= 4 is 11.6 Å². The fraction of sp³-hybridized carbons (Fsp3) is 0.462. The molecule has 18 heavy (non-hydrogen) atoms. The van der Waals surface area contributed by atoms with E-state index in [1.165, 1.54) is 0 Å². The van der Waals surface area contributed by atoms with Crippen LogP contribution < -0.4 is 11.2 Å². The molecule has 0 radical (unpaired) electrons. The van der Waals surface area contributed by atoms with Gasteiger partial charge in [0.1, 0.15) is 0 Å². The number of benzene rings is 1. The van der Waals surface area contributed by atoms with Gasteiger partial charge >= 0.3 is 0 Å². The molecule has 1 heterocycles. The number of likely N-dealkylation sites (N-methyl/N-ethyl adjacent to an activating group) is 1. The van der Waals surface area contributed by atoms with E-state index in [2.05, 4.69) is 17.4 Å². The third kappa shape index (κ3) is 3.72. The van der Waals surface area contributed by atoms with E-state index in [-0.39, 0.29) is 5.91 Å². The second kappa shape index (κ2) is 5.84. The molecule has 1 aliphatic rings. The number of rotatable bonds is 3. The summed E-state index contributed by atoms with van der Waals surface area (Å²) in [6, 6.07) is 7.41. The molecule has 1 fully saturated rings. The number of hydrazine groups is 1. The summed E-state index contributed by atoms with van der Waals surface area (Å²) in [5.74, 6) is 0.0318. The van der Waals surface area contributed by atoms with Crippen LogP contribution in [0.3, 0.4) is 0 Å². The summed E-state index contributed by atoms with van der Waals surface area (Å²) < 4.78 is 0. The number of nitrogen functional groups attached to an aromatic ring is 1. The molecule has 0 saturated carbocycles. The van der Waals surface area contributed by atoms with Gasteiger partial charge in [-0.1, -0.05) is 12.1 Å². The zero-order valence-electron chi connectivity index (χ0n) is 10.7. The molecule has 0 aliphatic carbocycles. The standard InChI is InChI=1S/C13H20N4O/c1-16-6-8-17(9-7-16)15-13(18)10-11-2-4-12(14)5-3-11/h2-5H,6-10,14H2,1H3,(H,15,18). The number of nitrogens with two attached hydrogens (primary N) is 1. The van der Waals surface area contributed by atoms with Crippen molar-refractivity contribution in [1.29, 1.82) is 0 Å². The van der Waals surface area contributed by atoms with Crippen LogP contribution in [0.1, 0.15) is 5.56 Å². The molecule has 3 N–H and O–H groups in total. The van der Waals surface area contributed by atoms with E-state index in [1.54, 1.807) is 0 Å². The van der Waals surface area contributed by atoms with Gasteiger partial charge in [-0.15, -0.1) is 0 Å². The minimum absolute atomic E-state index is 0.0318. The molecule has 0 aromatic heterocycles. The van der Waals surface area contributed by atoms with E-state index in [0.29, 0.717) is 6.42 Å². The molecule has 1 aromatic carbocycles. The second-order valence-corrected chi connectivity index (χ2v) is 4.74. The maximum Gasteiger partial charge on any atom is 0.238 e. The highest BCUT2D eigenvalue weighted by Gasteiger charge is 2.15. The van der Waals surface area contributed by atoms with Crippen LogP contribution in [0, 0.1) is 0 Å². The van der Waals surface area contributed by atoms with Gasteiger partial charge in [0, 0.05) is 31.9 Å². The lowest BCUT2D eigenvalue weighted by atomic mass is 10.1. The van der Waals surface area contributed by atoms with Crippen molar-refractivity contribution in [3.63, 3.8) is 0 Å². The largest absolute Gasteiger partial charge is 0.399 e. The molecule has 0 bridgehead atoms. The monoisotopic (exact) mass is 248 g/mol. The van der Waals surface area contributed by atoms with Crippen molar-refractivity contribution in [3.05, 3.63) is 29.8 Å². The Kier molecular flexibility index (Phi) is 4.17. The second-order valence-electron chi connectivity index (χ2n) is 4.74. The Morgan fingerprint density at radius 1 is 1.22 bits per heavy atom. The quantitative estimate of drug-likeness (QED) is 0.744. The topological polar surface area (TPSA) is 61.6 Å².